The highest BCUT2D eigenvalue weighted by Gasteiger charge is 2.32. The summed E-state index contributed by atoms with van der Waals surface area (Å²) in [7, 11) is 0. The van der Waals surface area contributed by atoms with Gasteiger partial charge in [0.05, 0.1) is 26.4 Å². The molecule has 3 nitrogen and oxygen atoms in total. The van der Waals surface area contributed by atoms with Gasteiger partial charge in [-0.25, -0.2) is 0 Å². The molecule has 0 saturated heterocycles. The highest BCUT2D eigenvalue weighted by Crippen LogP contribution is 2.42. The van der Waals surface area contributed by atoms with Crippen molar-refractivity contribution in [1.82, 2.24) is 0 Å². The summed E-state index contributed by atoms with van der Waals surface area (Å²) in [5.41, 5.74) is 0.508. The minimum Gasteiger partial charge on any atom is -0.379 e. The molecular formula is C16H31BrO3. The molecule has 1 saturated carbocycles. The van der Waals surface area contributed by atoms with Gasteiger partial charge in [0.1, 0.15) is 0 Å². The number of unbranched alkanes of at least 4 members (excludes halogenated alkanes) is 1. The Morgan fingerprint density at radius 2 is 1.40 bits per heavy atom. The van der Waals surface area contributed by atoms with E-state index in [0.717, 1.165) is 25.0 Å². The average molecular weight is 351 g/mol. The number of halogens is 1. The molecule has 120 valence electrons. The number of ether oxygens (including phenoxy) is 3. The lowest BCUT2D eigenvalue weighted by atomic mass is 9.85. The molecule has 0 aliphatic heterocycles. The fourth-order valence-corrected chi connectivity index (χ4v) is 3.49. The van der Waals surface area contributed by atoms with Gasteiger partial charge >= 0.3 is 0 Å². The van der Waals surface area contributed by atoms with Gasteiger partial charge in [-0.1, -0.05) is 42.1 Å². The Bertz CT molecular complexity index is 218. The maximum atomic E-state index is 5.68. The Hall–Kier alpha value is 0.360. The Balaban J connectivity index is 1.83. The number of hydrogen-bond donors (Lipinski definition) is 0. The van der Waals surface area contributed by atoms with Gasteiger partial charge in [-0.15, -0.1) is 0 Å². The van der Waals surface area contributed by atoms with E-state index in [2.05, 4.69) is 22.9 Å². The van der Waals surface area contributed by atoms with E-state index in [9.17, 15) is 0 Å². The van der Waals surface area contributed by atoms with Gasteiger partial charge in [-0.2, -0.15) is 0 Å². The fourth-order valence-electron chi connectivity index (χ4n) is 2.65. The molecule has 0 aromatic rings. The van der Waals surface area contributed by atoms with Gasteiger partial charge in [0.2, 0.25) is 0 Å². The van der Waals surface area contributed by atoms with Gasteiger partial charge in [0, 0.05) is 18.5 Å². The van der Waals surface area contributed by atoms with E-state index >= 15 is 0 Å². The Morgan fingerprint density at radius 3 is 1.95 bits per heavy atom. The van der Waals surface area contributed by atoms with E-state index in [1.54, 1.807) is 0 Å². The highest BCUT2D eigenvalue weighted by molar-refractivity contribution is 9.09. The molecule has 0 atom stereocenters. The first-order chi connectivity index (χ1) is 9.83. The fraction of sp³-hybridized carbons (Fsp3) is 1.00. The third kappa shape index (κ3) is 7.96. The second-order valence-electron chi connectivity index (χ2n) is 5.78. The van der Waals surface area contributed by atoms with Crippen molar-refractivity contribution in [3.05, 3.63) is 0 Å². The number of hydrogen-bond acceptors (Lipinski definition) is 3. The van der Waals surface area contributed by atoms with Crippen LogP contribution < -0.4 is 0 Å². The van der Waals surface area contributed by atoms with E-state index in [-0.39, 0.29) is 0 Å². The van der Waals surface area contributed by atoms with Gasteiger partial charge < -0.3 is 14.2 Å². The summed E-state index contributed by atoms with van der Waals surface area (Å²) < 4.78 is 16.6. The molecular weight excluding hydrogens is 320 g/mol. The monoisotopic (exact) mass is 350 g/mol. The zero-order valence-electron chi connectivity index (χ0n) is 13.0. The molecule has 0 heterocycles. The van der Waals surface area contributed by atoms with Crippen LogP contribution in [-0.2, 0) is 14.2 Å². The molecule has 0 aromatic heterocycles. The second-order valence-corrected chi connectivity index (χ2v) is 6.34. The minimum atomic E-state index is 0.508. The van der Waals surface area contributed by atoms with Gasteiger partial charge in [0.25, 0.3) is 0 Å². The molecule has 1 aliphatic carbocycles. The summed E-state index contributed by atoms with van der Waals surface area (Å²) in [5, 5.41) is 1.12. The molecule has 0 bridgehead atoms. The van der Waals surface area contributed by atoms with Crippen LogP contribution >= 0.6 is 15.9 Å². The topological polar surface area (TPSA) is 27.7 Å². The SMILES string of the molecule is CCCCOCCOCCOCCC1(CBr)CCCC1. The van der Waals surface area contributed by atoms with Crippen molar-refractivity contribution >= 4 is 15.9 Å². The van der Waals surface area contributed by atoms with Crippen molar-refractivity contribution in [3.8, 4) is 0 Å². The zero-order valence-corrected chi connectivity index (χ0v) is 14.6. The lowest BCUT2D eigenvalue weighted by Gasteiger charge is -2.26. The Kier molecular flexibility index (Phi) is 11.0. The van der Waals surface area contributed by atoms with Crippen LogP contribution in [-0.4, -0.2) is 45.0 Å². The first kappa shape index (κ1) is 18.4. The normalized spacial score (nSPS) is 17.7. The molecule has 0 radical (unpaired) electrons. The first-order valence-electron chi connectivity index (χ1n) is 8.12. The third-order valence-corrected chi connectivity index (χ3v) is 5.30. The predicted octanol–water partition coefficient (Wildman–Crippen LogP) is 4.18. The van der Waals surface area contributed by atoms with E-state index in [4.69, 9.17) is 14.2 Å². The van der Waals surface area contributed by atoms with Gasteiger partial charge in [-0.05, 0) is 31.1 Å². The van der Waals surface area contributed by atoms with Crippen LogP contribution in [0.5, 0.6) is 0 Å². The van der Waals surface area contributed by atoms with E-state index in [1.165, 1.54) is 38.5 Å². The van der Waals surface area contributed by atoms with E-state index < -0.39 is 0 Å². The Morgan fingerprint density at radius 1 is 0.850 bits per heavy atom. The second kappa shape index (κ2) is 12.0. The van der Waals surface area contributed by atoms with Crippen LogP contribution in [0.3, 0.4) is 0 Å². The van der Waals surface area contributed by atoms with Crippen molar-refractivity contribution in [3.63, 3.8) is 0 Å². The maximum absolute atomic E-state index is 5.68. The van der Waals surface area contributed by atoms with Crippen LogP contribution in [0.1, 0.15) is 51.9 Å². The minimum absolute atomic E-state index is 0.508. The van der Waals surface area contributed by atoms with Gasteiger partial charge in [-0.3, -0.25) is 0 Å². The molecule has 1 rings (SSSR count). The number of rotatable bonds is 13. The molecule has 1 fully saturated rings. The van der Waals surface area contributed by atoms with Crippen LogP contribution in [0.4, 0.5) is 0 Å². The summed E-state index contributed by atoms with van der Waals surface area (Å²) in [6.45, 7) is 6.65. The molecule has 0 aromatic carbocycles. The van der Waals surface area contributed by atoms with Crippen LogP contribution in [0, 0.1) is 5.41 Å². The van der Waals surface area contributed by atoms with E-state index in [0.29, 0.717) is 31.8 Å². The summed E-state index contributed by atoms with van der Waals surface area (Å²) in [6.07, 6.45) is 8.97. The summed E-state index contributed by atoms with van der Waals surface area (Å²) >= 11 is 3.67. The summed E-state index contributed by atoms with van der Waals surface area (Å²) in [5.74, 6) is 0. The van der Waals surface area contributed by atoms with Crippen LogP contribution in [0.25, 0.3) is 0 Å². The number of alkyl halides is 1. The highest BCUT2D eigenvalue weighted by atomic mass is 79.9. The van der Waals surface area contributed by atoms with Crippen molar-refractivity contribution in [2.24, 2.45) is 5.41 Å². The quantitative estimate of drug-likeness (QED) is 0.368. The summed E-state index contributed by atoms with van der Waals surface area (Å²) in [6, 6.07) is 0. The molecule has 0 spiro atoms. The van der Waals surface area contributed by atoms with E-state index in [1.807, 2.05) is 0 Å². The molecule has 0 amide bonds. The van der Waals surface area contributed by atoms with Crippen molar-refractivity contribution in [1.29, 1.82) is 0 Å². The van der Waals surface area contributed by atoms with Crippen LogP contribution in [0.15, 0.2) is 0 Å². The standard InChI is InChI=1S/C16H31BrO3/c1-2-3-9-18-11-13-20-14-12-19-10-8-16(15-17)6-4-5-7-16/h2-15H2,1H3. The van der Waals surface area contributed by atoms with Crippen molar-refractivity contribution in [2.75, 3.05) is 45.0 Å². The predicted molar refractivity (Wildman–Crippen MR) is 86.7 cm³/mol. The average Bonchev–Trinajstić information content (AvgIpc) is 2.94. The smallest absolute Gasteiger partial charge is 0.0701 e. The Labute approximate surface area is 132 Å². The molecule has 0 unspecified atom stereocenters. The molecule has 0 N–H and O–H groups in total. The lowest BCUT2D eigenvalue weighted by Crippen LogP contribution is -2.21. The van der Waals surface area contributed by atoms with Crippen LogP contribution in [0.2, 0.25) is 0 Å². The first-order valence-corrected chi connectivity index (χ1v) is 9.24. The third-order valence-electron chi connectivity index (χ3n) is 4.11. The molecule has 1 aliphatic rings. The van der Waals surface area contributed by atoms with Crippen molar-refractivity contribution in [2.45, 2.75) is 51.9 Å². The molecule has 20 heavy (non-hydrogen) atoms. The zero-order chi connectivity index (χ0) is 14.5. The maximum Gasteiger partial charge on any atom is 0.0701 e. The van der Waals surface area contributed by atoms with Crippen molar-refractivity contribution < 1.29 is 14.2 Å². The summed E-state index contributed by atoms with van der Waals surface area (Å²) in [4.78, 5) is 0. The largest absolute Gasteiger partial charge is 0.379 e. The lowest BCUT2D eigenvalue weighted by molar-refractivity contribution is 0.00911. The molecule has 4 heteroatoms. The van der Waals surface area contributed by atoms with Gasteiger partial charge in [0.15, 0.2) is 0 Å².